The molecule has 1 atom stereocenters. The van der Waals surface area contributed by atoms with Gasteiger partial charge in [-0.1, -0.05) is 18.2 Å². The summed E-state index contributed by atoms with van der Waals surface area (Å²) in [5.74, 6) is 0. The minimum absolute atomic E-state index is 0.276. The van der Waals surface area contributed by atoms with Crippen LogP contribution in [0.4, 0.5) is 0 Å². The fraction of sp³-hybridized carbons (Fsp3) is 0.429. The van der Waals surface area contributed by atoms with Crippen molar-refractivity contribution in [3.8, 4) is 0 Å². The number of hydrogen-bond donors (Lipinski definition) is 1. The highest BCUT2D eigenvalue weighted by atomic mass is 14.9. The fourth-order valence-electron chi connectivity index (χ4n) is 2.29. The van der Waals surface area contributed by atoms with Gasteiger partial charge in [-0.3, -0.25) is 0 Å². The Labute approximate surface area is 97.1 Å². The molecule has 2 heteroatoms. The van der Waals surface area contributed by atoms with Gasteiger partial charge in [0, 0.05) is 29.7 Å². The maximum Gasteiger partial charge on any atom is 0.0482 e. The Morgan fingerprint density at radius 1 is 1.31 bits per heavy atom. The Balaban J connectivity index is 2.47. The summed E-state index contributed by atoms with van der Waals surface area (Å²) >= 11 is 0. The van der Waals surface area contributed by atoms with Crippen LogP contribution in [0.25, 0.3) is 10.9 Å². The summed E-state index contributed by atoms with van der Waals surface area (Å²) < 4.78 is 2.27. The summed E-state index contributed by atoms with van der Waals surface area (Å²) in [4.78, 5) is 0. The molecule has 0 saturated heterocycles. The molecule has 2 nitrogen and oxygen atoms in total. The Kier molecular flexibility index (Phi) is 3.01. The van der Waals surface area contributed by atoms with Crippen molar-refractivity contribution in [2.24, 2.45) is 12.8 Å². The van der Waals surface area contributed by atoms with E-state index in [1.54, 1.807) is 0 Å². The first-order valence-corrected chi connectivity index (χ1v) is 5.89. The van der Waals surface area contributed by atoms with Crippen LogP contribution in [0, 0.1) is 6.92 Å². The van der Waals surface area contributed by atoms with Gasteiger partial charge < -0.3 is 10.3 Å². The normalized spacial score (nSPS) is 13.2. The number of rotatable bonds is 3. The van der Waals surface area contributed by atoms with E-state index in [1.165, 1.54) is 22.2 Å². The lowest BCUT2D eigenvalue weighted by atomic mass is 10.0. The average Bonchev–Trinajstić information content (AvgIpc) is 2.50. The van der Waals surface area contributed by atoms with E-state index in [0.717, 1.165) is 12.8 Å². The molecule has 0 aliphatic rings. The van der Waals surface area contributed by atoms with Crippen molar-refractivity contribution in [2.75, 3.05) is 0 Å². The fourth-order valence-corrected chi connectivity index (χ4v) is 2.29. The molecule has 2 N–H and O–H groups in total. The largest absolute Gasteiger partial charge is 0.348 e. The summed E-state index contributed by atoms with van der Waals surface area (Å²) in [7, 11) is 2.13. The summed E-state index contributed by atoms with van der Waals surface area (Å²) in [6.45, 7) is 4.26. The van der Waals surface area contributed by atoms with Crippen LogP contribution in [0.5, 0.6) is 0 Å². The first-order valence-electron chi connectivity index (χ1n) is 5.89. The molecule has 1 aromatic carbocycles. The minimum Gasteiger partial charge on any atom is -0.348 e. The van der Waals surface area contributed by atoms with Crippen molar-refractivity contribution in [1.29, 1.82) is 0 Å². The summed E-state index contributed by atoms with van der Waals surface area (Å²) in [6, 6.07) is 8.86. The van der Waals surface area contributed by atoms with Crippen LogP contribution in [-0.4, -0.2) is 10.6 Å². The van der Waals surface area contributed by atoms with E-state index < -0.39 is 0 Å². The van der Waals surface area contributed by atoms with Crippen LogP contribution in [0.3, 0.4) is 0 Å². The lowest BCUT2D eigenvalue weighted by molar-refractivity contribution is 0.664. The van der Waals surface area contributed by atoms with Crippen molar-refractivity contribution < 1.29 is 0 Å². The van der Waals surface area contributed by atoms with Crippen LogP contribution in [0.1, 0.15) is 24.6 Å². The van der Waals surface area contributed by atoms with Crippen molar-refractivity contribution in [3.05, 3.63) is 35.5 Å². The molecule has 16 heavy (non-hydrogen) atoms. The summed E-state index contributed by atoms with van der Waals surface area (Å²) in [5, 5.41) is 1.38. The zero-order valence-electron chi connectivity index (χ0n) is 10.3. The van der Waals surface area contributed by atoms with Crippen LogP contribution in [-0.2, 0) is 13.5 Å². The van der Waals surface area contributed by atoms with Crippen molar-refractivity contribution >= 4 is 10.9 Å². The maximum atomic E-state index is 5.83. The second-order valence-corrected chi connectivity index (χ2v) is 4.66. The summed E-state index contributed by atoms with van der Waals surface area (Å²) in [5.41, 5.74) is 9.97. The topological polar surface area (TPSA) is 30.9 Å². The van der Waals surface area contributed by atoms with Gasteiger partial charge in [-0.15, -0.1) is 0 Å². The van der Waals surface area contributed by atoms with E-state index in [2.05, 4.69) is 49.7 Å². The minimum atomic E-state index is 0.276. The standard InChI is InChI=1S/C14H20N2/c1-10(15)8-9-12-11(2)16(3)14-7-5-4-6-13(12)14/h4-7,10H,8-9,15H2,1-3H3. The molecule has 0 amide bonds. The number of nitrogens with zero attached hydrogens (tertiary/aromatic N) is 1. The highest BCUT2D eigenvalue weighted by Crippen LogP contribution is 2.25. The number of aryl methyl sites for hydroxylation is 2. The van der Waals surface area contributed by atoms with Gasteiger partial charge in [0.05, 0.1) is 0 Å². The molecular formula is C14H20N2. The zero-order valence-corrected chi connectivity index (χ0v) is 10.3. The SMILES string of the molecule is Cc1c(CCC(C)N)c2ccccc2n1C. The maximum absolute atomic E-state index is 5.83. The third-order valence-electron chi connectivity index (χ3n) is 3.38. The number of para-hydroxylation sites is 1. The quantitative estimate of drug-likeness (QED) is 0.840. The van der Waals surface area contributed by atoms with E-state index in [-0.39, 0.29) is 6.04 Å². The van der Waals surface area contributed by atoms with Gasteiger partial charge in [0.15, 0.2) is 0 Å². The average molecular weight is 216 g/mol. The predicted octanol–water partition coefficient (Wildman–Crippen LogP) is 2.77. The van der Waals surface area contributed by atoms with Crippen molar-refractivity contribution in [2.45, 2.75) is 32.7 Å². The Hall–Kier alpha value is -1.28. The molecule has 2 aromatic rings. The van der Waals surface area contributed by atoms with Gasteiger partial charge in [0.1, 0.15) is 0 Å². The molecule has 0 saturated carbocycles. The molecule has 86 valence electrons. The van der Waals surface area contributed by atoms with Gasteiger partial charge in [-0.05, 0) is 38.3 Å². The molecule has 0 aliphatic heterocycles. The molecule has 2 rings (SSSR count). The molecule has 1 unspecified atom stereocenters. The van der Waals surface area contributed by atoms with Crippen LogP contribution in [0.15, 0.2) is 24.3 Å². The molecule has 0 aliphatic carbocycles. The highest BCUT2D eigenvalue weighted by molar-refractivity contribution is 5.85. The third-order valence-corrected chi connectivity index (χ3v) is 3.38. The second-order valence-electron chi connectivity index (χ2n) is 4.66. The molecule has 0 bridgehead atoms. The predicted molar refractivity (Wildman–Crippen MR) is 69.6 cm³/mol. The van der Waals surface area contributed by atoms with Gasteiger partial charge >= 0.3 is 0 Å². The molecule has 0 fully saturated rings. The first-order chi connectivity index (χ1) is 7.61. The van der Waals surface area contributed by atoms with Gasteiger partial charge in [-0.25, -0.2) is 0 Å². The third kappa shape index (κ3) is 1.85. The second kappa shape index (κ2) is 4.30. The molecule has 1 heterocycles. The number of fused-ring (bicyclic) bond motifs is 1. The van der Waals surface area contributed by atoms with Gasteiger partial charge in [0.25, 0.3) is 0 Å². The zero-order chi connectivity index (χ0) is 11.7. The van der Waals surface area contributed by atoms with E-state index in [4.69, 9.17) is 5.73 Å². The Bertz CT molecular complexity index is 495. The lowest BCUT2D eigenvalue weighted by Gasteiger charge is -2.05. The molecule has 0 radical (unpaired) electrons. The number of hydrogen-bond acceptors (Lipinski definition) is 1. The molecule has 0 spiro atoms. The molecular weight excluding hydrogens is 196 g/mol. The first kappa shape index (κ1) is 11.2. The smallest absolute Gasteiger partial charge is 0.0482 e. The number of benzene rings is 1. The van der Waals surface area contributed by atoms with Gasteiger partial charge in [-0.2, -0.15) is 0 Å². The van der Waals surface area contributed by atoms with Crippen LogP contribution < -0.4 is 5.73 Å². The lowest BCUT2D eigenvalue weighted by Crippen LogP contribution is -2.15. The summed E-state index contributed by atoms with van der Waals surface area (Å²) in [6.07, 6.45) is 2.12. The Morgan fingerprint density at radius 2 is 2.00 bits per heavy atom. The Morgan fingerprint density at radius 3 is 2.69 bits per heavy atom. The van der Waals surface area contributed by atoms with Crippen LogP contribution in [0.2, 0.25) is 0 Å². The number of nitrogens with two attached hydrogens (primary N) is 1. The van der Waals surface area contributed by atoms with Gasteiger partial charge in [0.2, 0.25) is 0 Å². The highest BCUT2D eigenvalue weighted by Gasteiger charge is 2.11. The molecule has 1 aromatic heterocycles. The van der Waals surface area contributed by atoms with E-state index in [9.17, 15) is 0 Å². The number of aromatic nitrogens is 1. The monoisotopic (exact) mass is 216 g/mol. The van der Waals surface area contributed by atoms with E-state index in [1.807, 2.05) is 0 Å². The van der Waals surface area contributed by atoms with Crippen LogP contribution >= 0.6 is 0 Å². The van der Waals surface area contributed by atoms with Crippen molar-refractivity contribution in [1.82, 2.24) is 4.57 Å². The van der Waals surface area contributed by atoms with E-state index >= 15 is 0 Å². The van der Waals surface area contributed by atoms with Crippen molar-refractivity contribution in [3.63, 3.8) is 0 Å². The van der Waals surface area contributed by atoms with E-state index in [0.29, 0.717) is 0 Å².